The van der Waals surface area contributed by atoms with Gasteiger partial charge in [-0.15, -0.1) is 0 Å². The van der Waals surface area contributed by atoms with Gasteiger partial charge in [-0.2, -0.15) is 0 Å². The maximum atomic E-state index is 2.60. The van der Waals surface area contributed by atoms with Gasteiger partial charge in [0.05, 0.1) is 81.1 Å². The summed E-state index contributed by atoms with van der Waals surface area (Å²) < 4.78 is 3.74. The number of quaternary nitrogens is 3. The van der Waals surface area contributed by atoms with E-state index in [4.69, 9.17) is 0 Å². The minimum Gasteiger partial charge on any atom is -0.328 e. The lowest BCUT2D eigenvalue weighted by molar-refractivity contribution is -0.928. The molecule has 0 atom stereocenters. The second kappa shape index (κ2) is 26.3. The number of nitrogens with zero attached hydrogens (tertiary/aromatic N) is 3. The van der Waals surface area contributed by atoms with Crippen LogP contribution in [0.4, 0.5) is 0 Å². The first-order chi connectivity index (χ1) is 19.6. The van der Waals surface area contributed by atoms with Gasteiger partial charge in [-0.25, -0.2) is 0 Å². The summed E-state index contributed by atoms with van der Waals surface area (Å²) in [4.78, 5) is 0. The average Bonchev–Trinajstić information content (AvgIpc) is 2.91. The summed E-state index contributed by atoms with van der Waals surface area (Å²) in [5, 5.41) is 0. The van der Waals surface area contributed by atoms with Crippen LogP contribution < -0.4 is 0 Å². The standard InChI is InChI=1S/C38H84N3/c1-9-12-15-18-21-22-23-26-29-36-41(8,37-30-34-39(4,5)32-27-24-19-16-13-10-2)38-31-35-40(6,7)33-28-25-20-17-14-11-3/h9-38H2,1-8H3/q+3. The summed E-state index contributed by atoms with van der Waals surface area (Å²) >= 11 is 0. The van der Waals surface area contributed by atoms with Gasteiger partial charge in [-0.3, -0.25) is 0 Å². The molecule has 3 heteroatoms. The molecule has 0 N–H and O–H groups in total. The molecule has 0 saturated carbocycles. The molecule has 0 fully saturated rings. The molecule has 248 valence electrons. The molecule has 0 unspecified atom stereocenters. The van der Waals surface area contributed by atoms with Crippen molar-refractivity contribution in [3.8, 4) is 0 Å². The lowest BCUT2D eigenvalue weighted by atomic mass is 10.1. The summed E-state index contributed by atoms with van der Waals surface area (Å²) in [6.07, 6.45) is 32.7. The largest absolute Gasteiger partial charge is 0.328 e. The van der Waals surface area contributed by atoms with Crippen LogP contribution in [-0.4, -0.2) is 94.5 Å². The highest BCUT2D eigenvalue weighted by Crippen LogP contribution is 2.16. The van der Waals surface area contributed by atoms with E-state index in [0.29, 0.717) is 0 Å². The molecular weight excluding hydrogens is 498 g/mol. The van der Waals surface area contributed by atoms with Crippen molar-refractivity contribution in [3.05, 3.63) is 0 Å². The molecule has 0 saturated heterocycles. The summed E-state index contributed by atoms with van der Waals surface area (Å²) in [6, 6.07) is 0. The number of hydrogen-bond acceptors (Lipinski definition) is 0. The second-order valence-electron chi connectivity index (χ2n) is 15.6. The quantitative estimate of drug-likeness (QED) is 0.0546. The highest BCUT2D eigenvalue weighted by atomic mass is 15.4. The average molecular weight is 583 g/mol. The first kappa shape index (κ1) is 40.9. The monoisotopic (exact) mass is 583 g/mol. The predicted molar refractivity (Wildman–Crippen MR) is 188 cm³/mol. The van der Waals surface area contributed by atoms with E-state index in [9.17, 15) is 0 Å². The minimum atomic E-state index is 1.22. The molecule has 0 spiro atoms. The highest BCUT2D eigenvalue weighted by Gasteiger charge is 2.25. The van der Waals surface area contributed by atoms with E-state index in [2.05, 4.69) is 56.0 Å². The van der Waals surface area contributed by atoms with E-state index in [1.165, 1.54) is 207 Å². The zero-order valence-corrected chi connectivity index (χ0v) is 30.6. The summed E-state index contributed by atoms with van der Waals surface area (Å²) in [6.45, 7) is 16.5. The first-order valence-corrected chi connectivity index (χ1v) is 19.1. The van der Waals surface area contributed by atoms with Crippen molar-refractivity contribution in [1.82, 2.24) is 0 Å². The Balaban J connectivity index is 4.60. The third-order valence-electron chi connectivity index (χ3n) is 9.96. The Kier molecular flexibility index (Phi) is 26.2. The van der Waals surface area contributed by atoms with Crippen LogP contribution in [0.25, 0.3) is 0 Å². The van der Waals surface area contributed by atoms with Gasteiger partial charge in [0.1, 0.15) is 0 Å². The van der Waals surface area contributed by atoms with Gasteiger partial charge in [0.25, 0.3) is 0 Å². The molecule has 41 heavy (non-hydrogen) atoms. The molecule has 0 aliphatic carbocycles. The normalized spacial score (nSPS) is 12.9. The lowest BCUT2D eigenvalue weighted by Crippen LogP contribution is -2.50. The third-order valence-corrected chi connectivity index (χ3v) is 9.96. The smallest absolute Gasteiger partial charge is 0.0839 e. The fourth-order valence-electron chi connectivity index (χ4n) is 6.76. The second-order valence-corrected chi connectivity index (χ2v) is 15.6. The molecule has 0 aliphatic heterocycles. The molecule has 3 nitrogen and oxygen atoms in total. The molecule has 0 amide bonds. The number of hydrogen-bond donors (Lipinski definition) is 0. The Morgan fingerprint density at radius 3 is 0.780 bits per heavy atom. The summed E-state index contributed by atoms with van der Waals surface area (Å²) in [5.41, 5.74) is 0. The van der Waals surface area contributed by atoms with Crippen LogP contribution in [0.15, 0.2) is 0 Å². The van der Waals surface area contributed by atoms with Gasteiger partial charge in [0.15, 0.2) is 0 Å². The van der Waals surface area contributed by atoms with Crippen molar-refractivity contribution < 1.29 is 13.4 Å². The van der Waals surface area contributed by atoms with Gasteiger partial charge < -0.3 is 13.4 Å². The maximum Gasteiger partial charge on any atom is 0.0839 e. The van der Waals surface area contributed by atoms with Crippen molar-refractivity contribution in [2.75, 3.05) is 81.1 Å². The highest BCUT2D eigenvalue weighted by molar-refractivity contribution is 4.51. The minimum absolute atomic E-state index is 1.22. The Hall–Kier alpha value is -0.120. The lowest BCUT2D eigenvalue weighted by Gasteiger charge is -2.38. The summed E-state index contributed by atoms with van der Waals surface area (Å²) in [5.74, 6) is 0. The maximum absolute atomic E-state index is 2.60. The van der Waals surface area contributed by atoms with Gasteiger partial charge in [-0.05, 0) is 38.5 Å². The van der Waals surface area contributed by atoms with Crippen molar-refractivity contribution in [2.45, 2.75) is 168 Å². The number of unbranched alkanes of at least 4 members (excludes halogenated alkanes) is 18. The Morgan fingerprint density at radius 1 is 0.244 bits per heavy atom. The molecule has 0 rings (SSSR count). The van der Waals surface area contributed by atoms with E-state index in [-0.39, 0.29) is 0 Å². The van der Waals surface area contributed by atoms with E-state index in [0.717, 1.165) is 0 Å². The van der Waals surface area contributed by atoms with Gasteiger partial charge in [-0.1, -0.05) is 117 Å². The van der Waals surface area contributed by atoms with Crippen LogP contribution >= 0.6 is 0 Å². The fourth-order valence-corrected chi connectivity index (χ4v) is 6.76. The molecule has 0 aliphatic rings. The van der Waals surface area contributed by atoms with Crippen LogP contribution in [0, 0.1) is 0 Å². The molecule has 0 radical (unpaired) electrons. The van der Waals surface area contributed by atoms with Crippen LogP contribution in [0.2, 0.25) is 0 Å². The Morgan fingerprint density at radius 2 is 0.463 bits per heavy atom. The molecule has 0 bridgehead atoms. The Labute approximate surface area is 262 Å². The fraction of sp³-hybridized carbons (Fsp3) is 1.00. The predicted octanol–water partition coefficient (Wildman–Crippen LogP) is 10.6. The van der Waals surface area contributed by atoms with Crippen molar-refractivity contribution >= 4 is 0 Å². The SMILES string of the molecule is CCCCCCCCCCC[N+](C)(CCC[N+](C)(C)CCCCCCCC)CCC[N+](C)(C)CCCCCCCC. The van der Waals surface area contributed by atoms with Gasteiger partial charge >= 0.3 is 0 Å². The van der Waals surface area contributed by atoms with Crippen LogP contribution in [0.5, 0.6) is 0 Å². The molecule has 0 aromatic carbocycles. The van der Waals surface area contributed by atoms with E-state index in [1.807, 2.05) is 0 Å². The van der Waals surface area contributed by atoms with Crippen molar-refractivity contribution in [3.63, 3.8) is 0 Å². The van der Waals surface area contributed by atoms with E-state index < -0.39 is 0 Å². The zero-order chi connectivity index (χ0) is 30.7. The molecule has 0 aromatic heterocycles. The van der Waals surface area contributed by atoms with Gasteiger partial charge in [0.2, 0.25) is 0 Å². The van der Waals surface area contributed by atoms with Crippen LogP contribution in [0.1, 0.15) is 168 Å². The zero-order valence-electron chi connectivity index (χ0n) is 30.6. The molecule has 0 heterocycles. The first-order valence-electron chi connectivity index (χ1n) is 19.1. The Bertz CT molecular complexity index is 508. The third kappa shape index (κ3) is 27.2. The molecule has 0 aromatic rings. The molecular formula is C38H84N3+3. The van der Waals surface area contributed by atoms with E-state index >= 15 is 0 Å². The van der Waals surface area contributed by atoms with E-state index in [1.54, 1.807) is 0 Å². The van der Waals surface area contributed by atoms with Crippen LogP contribution in [-0.2, 0) is 0 Å². The topological polar surface area (TPSA) is 0 Å². The van der Waals surface area contributed by atoms with Crippen molar-refractivity contribution in [2.24, 2.45) is 0 Å². The number of rotatable bonds is 32. The van der Waals surface area contributed by atoms with Gasteiger partial charge in [0, 0.05) is 12.8 Å². The van der Waals surface area contributed by atoms with Crippen LogP contribution in [0.3, 0.4) is 0 Å². The van der Waals surface area contributed by atoms with Crippen molar-refractivity contribution in [1.29, 1.82) is 0 Å². The summed E-state index contributed by atoms with van der Waals surface area (Å²) in [7, 11) is 12.5.